The van der Waals surface area contributed by atoms with Crippen LogP contribution in [0.15, 0.2) is 0 Å². The van der Waals surface area contributed by atoms with Gasteiger partial charge in [-0.1, -0.05) is 13.8 Å². The van der Waals surface area contributed by atoms with E-state index in [2.05, 4.69) is 18.7 Å². The number of esters is 1. The number of nitrogens with two attached hydrogens (primary N) is 1. The lowest BCUT2D eigenvalue weighted by atomic mass is 9.82. The van der Waals surface area contributed by atoms with Crippen molar-refractivity contribution in [3.8, 4) is 0 Å². The van der Waals surface area contributed by atoms with E-state index in [0.29, 0.717) is 18.4 Å². The standard InChI is InChI=1S/C14H28N2O2/c1-5-18-12(17)14(4,15)8-11-16-9-6-13(2,3)7-10-16/h5-11,15H2,1-4H3. The molecule has 0 aromatic rings. The predicted molar refractivity (Wildman–Crippen MR) is 73.3 cm³/mol. The Kier molecular flexibility index (Phi) is 5.17. The molecule has 0 aromatic carbocycles. The van der Waals surface area contributed by atoms with Gasteiger partial charge in [-0.15, -0.1) is 0 Å². The molecule has 1 aliphatic rings. The van der Waals surface area contributed by atoms with Gasteiger partial charge in [-0.25, -0.2) is 0 Å². The Morgan fingerprint density at radius 3 is 2.44 bits per heavy atom. The van der Waals surface area contributed by atoms with E-state index in [-0.39, 0.29) is 5.97 Å². The highest BCUT2D eigenvalue weighted by Gasteiger charge is 2.31. The zero-order chi connectivity index (χ0) is 13.8. The Morgan fingerprint density at radius 2 is 1.94 bits per heavy atom. The van der Waals surface area contributed by atoms with Gasteiger partial charge in [-0.3, -0.25) is 4.79 Å². The molecule has 106 valence electrons. The summed E-state index contributed by atoms with van der Waals surface area (Å²) >= 11 is 0. The van der Waals surface area contributed by atoms with E-state index in [1.165, 1.54) is 12.8 Å². The molecular weight excluding hydrogens is 228 g/mol. The molecule has 0 amide bonds. The minimum Gasteiger partial charge on any atom is -0.465 e. The van der Waals surface area contributed by atoms with Crippen LogP contribution in [0.2, 0.25) is 0 Å². The minimum atomic E-state index is -0.858. The Balaban J connectivity index is 2.35. The number of rotatable bonds is 5. The van der Waals surface area contributed by atoms with Crippen molar-refractivity contribution >= 4 is 5.97 Å². The third kappa shape index (κ3) is 4.58. The molecule has 0 radical (unpaired) electrons. The van der Waals surface area contributed by atoms with Crippen molar-refractivity contribution in [2.24, 2.45) is 11.1 Å². The smallest absolute Gasteiger partial charge is 0.325 e. The number of hydrogen-bond acceptors (Lipinski definition) is 4. The lowest BCUT2D eigenvalue weighted by Gasteiger charge is -2.37. The summed E-state index contributed by atoms with van der Waals surface area (Å²) in [6, 6.07) is 0. The first-order valence-electron chi connectivity index (χ1n) is 6.95. The fourth-order valence-electron chi connectivity index (χ4n) is 2.17. The SMILES string of the molecule is CCOC(=O)C(C)(N)CCN1CCC(C)(C)CC1. The zero-order valence-corrected chi connectivity index (χ0v) is 12.3. The van der Waals surface area contributed by atoms with Gasteiger partial charge in [0.1, 0.15) is 5.54 Å². The Bertz CT molecular complexity index is 278. The first-order chi connectivity index (χ1) is 8.27. The summed E-state index contributed by atoms with van der Waals surface area (Å²) in [6.07, 6.45) is 3.09. The van der Waals surface area contributed by atoms with Crippen LogP contribution in [0, 0.1) is 5.41 Å². The molecule has 1 heterocycles. The molecule has 1 aliphatic heterocycles. The first kappa shape index (κ1) is 15.4. The number of hydrogen-bond donors (Lipinski definition) is 1. The molecule has 1 unspecified atom stereocenters. The first-order valence-corrected chi connectivity index (χ1v) is 6.95. The summed E-state index contributed by atoms with van der Waals surface area (Å²) in [5.41, 5.74) is 5.62. The van der Waals surface area contributed by atoms with Gasteiger partial charge < -0.3 is 15.4 Å². The molecule has 18 heavy (non-hydrogen) atoms. The largest absolute Gasteiger partial charge is 0.465 e. The van der Waals surface area contributed by atoms with Gasteiger partial charge in [0.15, 0.2) is 0 Å². The summed E-state index contributed by atoms with van der Waals surface area (Å²) in [6.45, 7) is 11.7. The van der Waals surface area contributed by atoms with E-state index in [1.807, 2.05) is 0 Å². The van der Waals surface area contributed by atoms with Crippen molar-refractivity contribution in [1.29, 1.82) is 0 Å². The highest BCUT2D eigenvalue weighted by Crippen LogP contribution is 2.29. The summed E-state index contributed by atoms with van der Waals surface area (Å²) in [5, 5.41) is 0. The molecule has 2 N–H and O–H groups in total. The molecule has 4 heteroatoms. The topological polar surface area (TPSA) is 55.6 Å². The van der Waals surface area contributed by atoms with Crippen LogP contribution in [0.4, 0.5) is 0 Å². The molecule has 1 atom stereocenters. The van der Waals surface area contributed by atoms with Crippen LogP contribution in [0.1, 0.15) is 47.0 Å². The maximum absolute atomic E-state index is 11.7. The normalized spacial score (nSPS) is 23.4. The number of piperidine rings is 1. The summed E-state index contributed by atoms with van der Waals surface area (Å²) < 4.78 is 5.00. The predicted octanol–water partition coefficient (Wildman–Crippen LogP) is 1.78. The van der Waals surface area contributed by atoms with Crippen molar-refractivity contribution in [2.45, 2.75) is 52.5 Å². The van der Waals surface area contributed by atoms with Crippen molar-refractivity contribution in [1.82, 2.24) is 4.90 Å². The summed E-state index contributed by atoms with van der Waals surface area (Å²) in [4.78, 5) is 14.1. The number of nitrogens with zero attached hydrogens (tertiary/aromatic N) is 1. The molecule has 0 saturated carbocycles. The Morgan fingerprint density at radius 1 is 1.39 bits per heavy atom. The van der Waals surface area contributed by atoms with Gasteiger partial charge in [-0.2, -0.15) is 0 Å². The number of carbonyl (C=O) groups is 1. The third-order valence-corrected chi connectivity index (χ3v) is 3.90. The molecule has 0 bridgehead atoms. The van der Waals surface area contributed by atoms with E-state index in [9.17, 15) is 4.79 Å². The van der Waals surface area contributed by atoms with Crippen LogP contribution >= 0.6 is 0 Å². The van der Waals surface area contributed by atoms with Gasteiger partial charge in [0, 0.05) is 6.54 Å². The van der Waals surface area contributed by atoms with E-state index >= 15 is 0 Å². The number of ether oxygens (including phenoxy) is 1. The van der Waals surface area contributed by atoms with Crippen molar-refractivity contribution in [3.05, 3.63) is 0 Å². The fourth-order valence-corrected chi connectivity index (χ4v) is 2.17. The van der Waals surface area contributed by atoms with E-state index in [4.69, 9.17) is 10.5 Å². The molecule has 1 rings (SSSR count). The lowest BCUT2D eigenvalue weighted by molar-refractivity contribution is -0.149. The maximum Gasteiger partial charge on any atom is 0.325 e. The van der Waals surface area contributed by atoms with Crippen molar-refractivity contribution in [2.75, 3.05) is 26.2 Å². The second-order valence-corrected chi connectivity index (χ2v) is 6.39. The quantitative estimate of drug-likeness (QED) is 0.762. The van der Waals surface area contributed by atoms with Crippen LogP contribution in [-0.2, 0) is 9.53 Å². The Labute approximate surface area is 111 Å². The average Bonchev–Trinajstić information content (AvgIpc) is 2.28. The van der Waals surface area contributed by atoms with E-state index in [1.54, 1.807) is 13.8 Å². The molecule has 1 fully saturated rings. The highest BCUT2D eigenvalue weighted by molar-refractivity contribution is 5.79. The second-order valence-electron chi connectivity index (χ2n) is 6.39. The van der Waals surface area contributed by atoms with Crippen LogP contribution in [0.5, 0.6) is 0 Å². The van der Waals surface area contributed by atoms with E-state index in [0.717, 1.165) is 19.6 Å². The second kappa shape index (κ2) is 6.02. The van der Waals surface area contributed by atoms with Crippen LogP contribution in [0.25, 0.3) is 0 Å². The molecule has 0 spiro atoms. The van der Waals surface area contributed by atoms with Crippen LogP contribution in [-0.4, -0.2) is 42.6 Å². The van der Waals surface area contributed by atoms with Gasteiger partial charge in [0.25, 0.3) is 0 Å². The summed E-state index contributed by atoms with van der Waals surface area (Å²) in [5.74, 6) is -0.290. The van der Waals surface area contributed by atoms with Gasteiger partial charge in [0.2, 0.25) is 0 Å². The van der Waals surface area contributed by atoms with Crippen molar-refractivity contribution in [3.63, 3.8) is 0 Å². The van der Waals surface area contributed by atoms with Gasteiger partial charge in [-0.05, 0) is 51.6 Å². The average molecular weight is 256 g/mol. The van der Waals surface area contributed by atoms with E-state index < -0.39 is 5.54 Å². The number of carbonyl (C=O) groups excluding carboxylic acids is 1. The molecule has 1 saturated heterocycles. The zero-order valence-electron chi connectivity index (χ0n) is 12.3. The van der Waals surface area contributed by atoms with Crippen molar-refractivity contribution < 1.29 is 9.53 Å². The van der Waals surface area contributed by atoms with Gasteiger partial charge in [0.05, 0.1) is 6.61 Å². The van der Waals surface area contributed by atoms with Gasteiger partial charge >= 0.3 is 5.97 Å². The molecule has 0 aliphatic carbocycles. The maximum atomic E-state index is 11.7. The number of likely N-dealkylation sites (tertiary alicyclic amines) is 1. The summed E-state index contributed by atoms with van der Waals surface area (Å²) in [7, 11) is 0. The molecule has 4 nitrogen and oxygen atoms in total. The highest BCUT2D eigenvalue weighted by atomic mass is 16.5. The minimum absolute atomic E-state index is 0.290. The van der Waals surface area contributed by atoms with Crippen LogP contribution in [0.3, 0.4) is 0 Å². The monoisotopic (exact) mass is 256 g/mol. The fraction of sp³-hybridized carbons (Fsp3) is 0.929. The molecular formula is C14H28N2O2. The lowest BCUT2D eigenvalue weighted by Crippen LogP contribution is -2.49. The third-order valence-electron chi connectivity index (χ3n) is 3.90. The Hall–Kier alpha value is -0.610. The van der Waals surface area contributed by atoms with Crippen LogP contribution < -0.4 is 5.73 Å². The molecule has 0 aromatic heterocycles.